The number of hydrogen-bond acceptors (Lipinski definition) is 2. The molecular formula is C11H13NO. The molecule has 2 heteroatoms. The van der Waals surface area contributed by atoms with Crippen LogP contribution in [0, 0.1) is 27.7 Å². The van der Waals surface area contributed by atoms with Crippen molar-refractivity contribution in [3.05, 3.63) is 28.3 Å². The molecule has 1 rings (SSSR count). The quantitative estimate of drug-likeness (QED) is 0.476. The van der Waals surface area contributed by atoms with Crippen LogP contribution in [-0.4, -0.2) is 6.08 Å². The predicted molar refractivity (Wildman–Crippen MR) is 53.2 cm³/mol. The highest BCUT2D eigenvalue weighted by molar-refractivity contribution is 5.62. The van der Waals surface area contributed by atoms with Crippen molar-refractivity contribution in [2.75, 3.05) is 0 Å². The fourth-order valence-corrected chi connectivity index (χ4v) is 1.41. The molecule has 0 saturated carbocycles. The maximum Gasteiger partial charge on any atom is 0.240 e. The first kappa shape index (κ1) is 9.69. The van der Waals surface area contributed by atoms with Gasteiger partial charge in [-0.3, -0.25) is 0 Å². The van der Waals surface area contributed by atoms with E-state index in [9.17, 15) is 4.79 Å². The average molecular weight is 175 g/mol. The van der Waals surface area contributed by atoms with Gasteiger partial charge in [0.1, 0.15) is 0 Å². The number of isocyanates is 1. The van der Waals surface area contributed by atoms with Gasteiger partial charge >= 0.3 is 0 Å². The number of aliphatic imine (C=N–C) groups is 1. The van der Waals surface area contributed by atoms with Gasteiger partial charge in [-0.1, -0.05) is 6.07 Å². The van der Waals surface area contributed by atoms with Crippen LogP contribution in [0.3, 0.4) is 0 Å². The molecule has 1 aromatic carbocycles. The van der Waals surface area contributed by atoms with Crippen LogP contribution < -0.4 is 0 Å². The van der Waals surface area contributed by atoms with Crippen molar-refractivity contribution in [3.8, 4) is 0 Å². The first-order chi connectivity index (χ1) is 6.07. The normalized spacial score (nSPS) is 9.54. The molecular weight excluding hydrogens is 162 g/mol. The largest absolute Gasteiger partial charge is 0.240 e. The van der Waals surface area contributed by atoms with E-state index >= 15 is 0 Å². The zero-order chi connectivity index (χ0) is 10.0. The van der Waals surface area contributed by atoms with Crippen LogP contribution in [0.5, 0.6) is 0 Å². The Labute approximate surface area is 78.3 Å². The molecule has 0 aliphatic rings. The first-order valence-electron chi connectivity index (χ1n) is 4.23. The Morgan fingerprint density at radius 1 is 1.08 bits per heavy atom. The Morgan fingerprint density at radius 2 is 1.54 bits per heavy atom. The molecule has 0 unspecified atom stereocenters. The van der Waals surface area contributed by atoms with E-state index in [0.717, 1.165) is 27.9 Å². The molecule has 2 nitrogen and oxygen atoms in total. The highest BCUT2D eigenvalue weighted by Crippen LogP contribution is 2.28. The van der Waals surface area contributed by atoms with Gasteiger partial charge in [0.25, 0.3) is 0 Å². The summed E-state index contributed by atoms with van der Waals surface area (Å²) in [7, 11) is 0. The lowest BCUT2D eigenvalue weighted by atomic mass is 9.99. The third-order valence-corrected chi connectivity index (χ3v) is 2.48. The van der Waals surface area contributed by atoms with Crippen molar-refractivity contribution in [3.63, 3.8) is 0 Å². The summed E-state index contributed by atoms with van der Waals surface area (Å²) in [5.74, 6) is 0. The number of nitrogens with zero attached hydrogens (tertiary/aromatic N) is 1. The van der Waals surface area contributed by atoms with Gasteiger partial charge in [-0.05, 0) is 49.9 Å². The Morgan fingerprint density at radius 3 is 1.92 bits per heavy atom. The second kappa shape index (κ2) is 3.55. The van der Waals surface area contributed by atoms with Gasteiger partial charge in [0, 0.05) is 0 Å². The van der Waals surface area contributed by atoms with Crippen molar-refractivity contribution in [1.82, 2.24) is 0 Å². The summed E-state index contributed by atoms with van der Waals surface area (Å²) in [4.78, 5) is 13.9. The third-order valence-electron chi connectivity index (χ3n) is 2.48. The van der Waals surface area contributed by atoms with Gasteiger partial charge in [0.15, 0.2) is 0 Å². The van der Waals surface area contributed by atoms with Crippen LogP contribution in [-0.2, 0) is 4.79 Å². The van der Waals surface area contributed by atoms with Gasteiger partial charge in [0.05, 0.1) is 5.69 Å². The number of benzene rings is 1. The SMILES string of the molecule is Cc1cc(C)c(C)c(N=C=O)c1C. The second-order valence-corrected chi connectivity index (χ2v) is 3.31. The Bertz CT molecular complexity index is 361. The van der Waals surface area contributed by atoms with E-state index in [1.165, 1.54) is 0 Å². The first-order valence-corrected chi connectivity index (χ1v) is 4.23. The van der Waals surface area contributed by atoms with Crippen LogP contribution in [0.4, 0.5) is 5.69 Å². The smallest absolute Gasteiger partial charge is 0.211 e. The molecule has 1 aromatic rings. The molecule has 0 radical (unpaired) electrons. The lowest BCUT2D eigenvalue weighted by molar-refractivity contribution is 0.565. The maximum absolute atomic E-state index is 10.2. The molecule has 0 spiro atoms. The minimum atomic E-state index is 0.771. The molecule has 68 valence electrons. The van der Waals surface area contributed by atoms with Gasteiger partial charge in [-0.15, -0.1) is 0 Å². The molecule has 0 aliphatic carbocycles. The minimum Gasteiger partial charge on any atom is -0.211 e. The van der Waals surface area contributed by atoms with Crippen molar-refractivity contribution in [2.45, 2.75) is 27.7 Å². The molecule has 0 saturated heterocycles. The monoisotopic (exact) mass is 175 g/mol. The van der Waals surface area contributed by atoms with Gasteiger partial charge in [-0.25, -0.2) is 4.79 Å². The van der Waals surface area contributed by atoms with Crippen molar-refractivity contribution in [1.29, 1.82) is 0 Å². The second-order valence-electron chi connectivity index (χ2n) is 3.31. The van der Waals surface area contributed by atoms with Crippen LogP contribution >= 0.6 is 0 Å². The van der Waals surface area contributed by atoms with E-state index in [-0.39, 0.29) is 0 Å². The number of aryl methyl sites for hydroxylation is 2. The molecule has 0 N–H and O–H groups in total. The zero-order valence-electron chi connectivity index (χ0n) is 8.43. The summed E-state index contributed by atoms with van der Waals surface area (Å²) >= 11 is 0. The van der Waals surface area contributed by atoms with Crippen LogP contribution in [0.25, 0.3) is 0 Å². The molecule has 0 atom stereocenters. The summed E-state index contributed by atoms with van der Waals surface area (Å²) in [6.45, 7) is 7.98. The van der Waals surface area contributed by atoms with Crippen molar-refractivity contribution < 1.29 is 4.79 Å². The molecule has 0 aromatic heterocycles. The van der Waals surface area contributed by atoms with Gasteiger partial charge < -0.3 is 0 Å². The number of rotatable bonds is 1. The third kappa shape index (κ3) is 1.68. The van der Waals surface area contributed by atoms with E-state index in [4.69, 9.17) is 0 Å². The highest BCUT2D eigenvalue weighted by Gasteiger charge is 2.06. The Hall–Kier alpha value is -1.40. The lowest BCUT2D eigenvalue weighted by Crippen LogP contribution is -1.89. The van der Waals surface area contributed by atoms with E-state index in [0.29, 0.717) is 0 Å². The van der Waals surface area contributed by atoms with E-state index in [1.807, 2.05) is 27.7 Å². The van der Waals surface area contributed by atoms with Crippen LogP contribution in [0.15, 0.2) is 11.1 Å². The predicted octanol–water partition coefficient (Wildman–Crippen LogP) is 2.89. The fraction of sp³-hybridized carbons (Fsp3) is 0.364. The number of hydrogen-bond donors (Lipinski definition) is 0. The van der Waals surface area contributed by atoms with Gasteiger partial charge in [-0.2, -0.15) is 4.99 Å². The molecule has 0 fully saturated rings. The average Bonchev–Trinajstić information content (AvgIpc) is 2.09. The molecule has 0 aliphatic heterocycles. The summed E-state index contributed by atoms with van der Waals surface area (Å²) in [6.07, 6.45) is 1.60. The molecule has 0 heterocycles. The zero-order valence-corrected chi connectivity index (χ0v) is 8.43. The molecule has 13 heavy (non-hydrogen) atoms. The van der Waals surface area contributed by atoms with Crippen LogP contribution in [0.2, 0.25) is 0 Å². The number of carbonyl (C=O) groups excluding carboxylic acids is 1. The topological polar surface area (TPSA) is 29.4 Å². The summed E-state index contributed by atoms with van der Waals surface area (Å²) < 4.78 is 0. The highest BCUT2D eigenvalue weighted by atomic mass is 16.1. The lowest BCUT2D eigenvalue weighted by Gasteiger charge is -2.09. The van der Waals surface area contributed by atoms with Crippen LogP contribution in [0.1, 0.15) is 22.3 Å². The Balaban J connectivity index is 3.55. The van der Waals surface area contributed by atoms with E-state index < -0.39 is 0 Å². The maximum atomic E-state index is 10.2. The minimum absolute atomic E-state index is 0.771. The Kier molecular flexibility index (Phi) is 2.64. The fourth-order valence-electron chi connectivity index (χ4n) is 1.41. The molecule has 0 amide bonds. The summed E-state index contributed by atoms with van der Waals surface area (Å²) in [5, 5.41) is 0. The summed E-state index contributed by atoms with van der Waals surface area (Å²) in [5.41, 5.74) is 5.22. The van der Waals surface area contributed by atoms with E-state index in [2.05, 4.69) is 11.1 Å². The molecule has 0 bridgehead atoms. The van der Waals surface area contributed by atoms with Crippen molar-refractivity contribution >= 4 is 11.8 Å². The van der Waals surface area contributed by atoms with Crippen molar-refractivity contribution in [2.24, 2.45) is 4.99 Å². The summed E-state index contributed by atoms with van der Waals surface area (Å²) in [6, 6.07) is 2.11. The van der Waals surface area contributed by atoms with E-state index in [1.54, 1.807) is 6.08 Å². The van der Waals surface area contributed by atoms with Gasteiger partial charge in [0.2, 0.25) is 6.08 Å². The standard InChI is InChI=1S/C11H13NO/c1-7-5-8(2)10(4)11(9(7)3)12-6-13/h5H,1-4H3.